The van der Waals surface area contributed by atoms with Gasteiger partial charge < -0.3 is 10.4 Å². The Morgan fingerprint density at radius 3 is 2.52 bits per heavy atom. The van der Waals surface area contributed by atoms with E-state index in [1.165, 1.54) is 12.1 Å². The zero-order valence-corrected chi connectivity index (χ0v) is 12.7. The molecule has 0 saturated carbocycles. The first-order valence-corrected chi connectivity index (χ1v) is 8.17. The standard InChI is InChI=1S/C15H20F3NOS/c1-11(19-10-14(20)6-8-21-9-7-14)12-4-2-3-5-13(12)15(16,17)18/h2-5,11,19-20H,6-10H2,1H3. The molecule has 0 aliphatic carbocycles. The molecule has 2 nitrogen and oxygen atoms in total. The first-order chi connectivity index (χ1) is 9.82. The van der Waals surface area contributed by atoms with Crippen LogP contribution in [0.5, 0.6) is 0 Å². The summed E-state index contributed by atoms with van der Waals surface area (Å²) in [5, 5.41) is 13.5. The van der Waals surface area contributed by atoms with Gasteiger partial charge in [-0.25, -0.2) is 0 Å². The molecule has 1 heterocycles. The molecule has 0 amide bonds. The first-order valence-electron chi connectivity index (χ1n) is 7.01. The summed E-state index contributed by atoms with van der Waals surface area (Å²) >= 11 is 1.80. The quantitative estimate of drug-likeness (QED) is 0.889. The number of aliphatic hydroxyl groups is 1. The molecule has 1 fully saturated rings. The van der Waals surface area contributed by atoms with Crippen LogP contribution in [0.1, 0.15) is 36.9 Å². The van der Waals surface area contributed by atoms with Gasteiger partial charge in [-0.3, -0.25) is 0 Å². The summed E-state index contributed by atoms with van der Waals surface area (Å²) in [6.07, 6.45) is -3.00. The van der Waals surface area contributed by atoms with Gasteiger partial charge in [-0.1, -0.05) is 18.2 Å². The lowest BCUT2D eigenvalue weighted by molar-refractivity contribution is -0.138. The topological polar surface area (TPSA) is 32.3 Å². The molecule has 2 N–H and O–H groups in total. The Hall–Kier alpha value is -0.720. The second-order valence-electron chi connectivity index (χ2n) is 5.52. The number of rotatable bonds is 4. The van der Waals surface area contributed by atoms with Crippen LogP contribution in [0.25, 0.3) is 0 Å². The lowest BCUT2D eigenvalue weighted by atomic mass is 9.95. The number of alkyl halides is 3. The minimum atomic E-state index is -4.36. The van der Waals surface area contributed by atoms with E-state index in [1.54, 1.807) is 24.8 Å². The van der Waals surface area contributed by atoms with Crippen molar-refractivity contribution >= 4 is 11.8 Å². The number of halogens is 3. The molecule has 1 unspecified atom stereocenters. The second kappa shape index (κ2) is 6.58. The molecule has 0 spiro atoms. The Kier molecular flexibility index (Phi) is 5.22. The highest BCUT2D eigenvalue weighted by molar-refractivity contribution is 7.99. The summed E-state index contributed by atoms with van der Waals surface area (Å²) in [6, 6.07) is 5.13. The van der Waals surface area contributed by atoms with Crippen LogP contribution in [0.4, 0.5) is 13.2 Å². The Labute approximate surface area is 127 Å². The highest BCUT2D eigenvalue weighted by Gasteiger charge is 2.35. The van der Waals surface area contributed by atoms with Crippen LogP contribution in [0.3, 0.4) is 0 Å². The molecule has 1 aliphatic heterocycles. The molecule has 2 rings (SSSR count). The van der Waals surface area contributed by atoms with Gasteiger partial charge in [0.05, 0.1) is 11.2 Å². The molecule has 0 bridgehead atoms. The molecule has 1 aliphatic rings. The van der Waals surface area contributed by atoms with Crippen molar-refractivity contribution in [2.24, 2.45) is 0 Å². The number of nitrogens with one attached hydrogen (secondary N) is 1. The van der Waals surface area contributed by atoms with Crippen molar-refractivity contribution in [3.8, 4) is 0 Å². The predicted molar refractivity (Wildman–Crippen MR) is 79.4 cm³/mol. The maximum Gasteiger partial charge on any atom is 0.416 e. The van der Waals surface area contributed by atoms with Gasteiger partial charge in [0, 0.05) is 12.6 Å². The second-order valence-corrected chi connectivity index (χ2v) is 6.75. The van der Waals surface area contributed by atoms with Gasteiger partial charge in [0.25, 0.3) is 0 Å². The Morgan fingerprint density at radius 1 is 1.29 bits per heavy atom. The lowest BCUT2D eigenvalue weighted by Gasteiger charge is -2.33. The molecule has 1 aromatic carbocycles. The fraction of sp³-hybridized carbons (Fsp3) is 0.600. The van der Waals surface area contributed by atoms with Crippen molar-refractivity contribution in [2.75, 3.05) is 18.1 Å². The van der Waals surface area contributed by atoms with E-state index >= 15 is 0 Å². The third-order valence-corrected chi connectivity index (χ3v) is 4.88. The SMILES string of the molecule is CC(NCC1(O)CCSCC1)c1ccccc1C(F)(F)F. The fourth-order valence-electron chi connectivity index (χ4n) is 2.51. The molecule has 0 aromatic heterocycles. The van der Waals surface area contributed by atoms with Gasteiger partial charge in [0.1, 0.15) is 0 Å². The van der Waals surface area contributed by atoms with Crippen LogP contribution >= 0.6 is 11.8 Å². The zero-order chi connectivity index (χ0) is 15.5. The van der Waals surface area contributed by atoms with Crippen molar-refractivity contribution in [2.45, 2.75) is 37.6 Å². The van der Waals surface area contributed by atoms with E-state index in [-0.39, 0.29) is 5.56 Å². The van der Waals surface area contributed by atoms with Crippen molar-refractivity contribution in [1.82, 2.24) is 5.32 Å². The third kappa shape index (κ3) is 4.37. The van der Waals surface area contributed by atoms with Gasteiger partial charge in [-0.15, -0.1) is 0 Å². The molecule has 1 atom stereocenters. The van der Waals surface area contributed by atoms with Crippen molar-refractivity contribution in [3.05, 3.63) is 35.4 Å². The minimum Gasteiger partial charge on any atom is -0.389 e. The summed E-state index contributed by atoms with van der Waals surface area (Å²) in [6.45, 7) is 2.02. The average Bonchev–Trinajstić information content (AvgIpc) is 2.45. The predicted octanol–water partition coefficient (Wildman–Crippen LogP) is 3.61. The van der Waals surface area contributed by atoms with E-state index in [0.29, 0.717) is 19.4 Å². The smallest absolute Gasteiger partial charge is 0.389 e. The average molecular weight is 319 g/mol. The van der Waals surface area contributed by atoms with Gasteiger partial charge >= 0.3 is 6.18 Å². The highest BCUT2D eigenvalue weighted by atomic mass is 32.2. The molecular weight excluding hydrogens is 299 g/mol. The zero-order valence-electron chi connectivity index (χ0n) is 11.9. The number of hydrogen-bond acceptors (Lipinski definition) is 3. The molecule has 21 heavy (non-hydrogen) atoms. The van der Waals surface area contributed by atoms with Gasteiger partial charge in [-0.2, -0.15) is 24.9 Å². The normalized spacial score (nSPS) is 20.2. The largest absolute Gasteiger partial charge is 0.416 e. The van der Waals surface area contributed by atoms with Crippen LogP contribution in [-0.2, 0) is 6.18 Å². The van der Waals surface area contributed by atoms with E-state index in [0.717, 1.165) is 17.6 Å². The van der Waals surface area contributed by atoms with E-state index in [9.17, 15) is 18.3 Å². The van der Waals surface area contributed by atoms with E-state index in [4.69, 9.17) is 0 Å². The van der Waals surface area contributed by atoms with Crippen LogP contribution in [0, 0.1) is 0 Å². The molecule has 1 saturated heterocycles. The van der Waals surface area contributed by atoms with Gasteiger partial charge in [0.15, 0.2) is 0 Å². The summed E-state index contributed by atoms with van der Waals surface area (Å²) in [5.41, 5.74) is -1.19. The molecule has 0 radical (unpaired) electrons. The number of thioether (sulfide) groups is 1. The maximum atomic E-state index is 13.0. The van der Waals surface area contributed by atoms with Crippen LogP contribution < -0.4 is 5.32 Å². The van der Waals surface area contributed by atoms with Gasteiger partial charge in [0.2, 0.25) is 0 Å². The third-order valence-electron chi connectivity index (χ3n) is 3.89. The van der Waals surface area contributed by atoms with Gasteiger partial charge in [-0.05, 0) is 42.9 Å². The highest BCUT2D eigenvalue weighted by Crippen LogP contribution is 2.34. The fourth-order valence-corrected chi connectivity index (χ4v) is 3.77. The molecule has 6 heteroatoms. The minimum absolute atomic E-state index is 0.221. The molecular formula is C15H20F3NOS. The van der Waals surface area contributed by atoms with E-state index in [1.807, 2.05) is 0 Å². The van der Waals surface area contributed by atoms with E-state index in [2.05, 4.69) is 5.32 Å². The van der Waals surface area contributed by atoms with Crippen molar-refractivity contribution in [1.29, 1.82) is 0 Å². The summed E-state index contributed by atoms with van der Waals surface area (Å²) < 4.78 is 39.0. The maximum absolute atomic E-state index is 13.0. The Bertz CT molecular complexity index is 472. The van der Waals surface area contributed by atoms with Crippen LogP contribution in [0.15, 0.2) is 24.3 Å². The number of hydrogen-bond donors (Lipinski definition) is 2. The summed E-state index contributed by atoms with van der Waals surface area (Å²) in [7, 11) is 0. The molecule has 1 aromatic rings. The van der Waals surface area contributed by atoms with Crippen molar-refractivity contribution < 1.29 is 18.3 Å². The number of benzene rings is 1. The monoisotopic (exact) mass is 319 g/mol. The molecule has 118 valence electrons. The van der Waals surface area contributed by atoms with E-state index < -0.39 is 23.4 Å². The van der Waals surface area contributed by atoms with Crippen LogP contribution in [0.2, 0.25) is 0 Å². The summed E-state index contributed by atoms with van der Waals surface area (Å²) in [5.74, 6) is 1.79. The summed E-state index contributed by atoms with van der Waals surface area (Å²) in [4.78, 5) is 0. The first kappa shape index (κ1) is 16.6. The Balaban J connectivity index is 2.05. The van der Waals surface area contributed by atoms with Crippen molar-refractivity contribution in [3.63, 3.8) is 0 Å². The Morgan fingerprint density at radius 2 is 1.90 bits per heavy atom. The lowest BCUT2D eigenvalue weighted by Crippen LogP contribution is -2.44. The van der Waals surface area contributed by atoms with Crippen LogP contribution in [-0.4, -0.2) is 28.8 Å².